The summed E-state index contributed by atoms with van der Waals surface area (Å²) in [4.78, 5) is 28.8. The monoisotopic (exact) mass is 356 g/mol. The molecule has 0 radical (unpaired) electrons. The molecule has 0 fully saturated rings. The van der Waals surface area contributed by atoms with Crippen LogP contribution in [-0.4, -0.2) is 34.2 Å². The maximum Gasteiger partial charge on any atom is 0.242 e. The molecule has 0 atom stereocenters. The third-order valence-electron chi connectivity index (χ3n) is 4.20. The van der Waals surface area contributed by atoms with Gasteiger partial charge in [0.25, 0.3) is 0 Å². The summed E-state index contributed by atoms with van der Waals surface area (Å²) in [5.41, 5.74) is 1.04. The first-order chi connectivity index (χ1) is 12.4. The SMILES string of the molecule is CC(C)C(=O)N(CC(=O)N(Cc1ccccc1)Cc1ccco1)C(C)C. The van der Waals surface area contributed by atoms with Crippen molar-refractivity contribution in [2.75, 3.05) is 6.54 Å². The van der Waals surface area contributed by atoms with Crippen LogP contribution in [0, 0.1) is 5.92 Å². The quantitative estimate of drug-likeness (QED) is 0.725. The van der Waals surface area contributed by atoms with E-state index >= 15 is 0 Å². The van der Waals surface area contributed by atoms with Crippen LogP contribution in [-0.2, 0) is 22.7 Å². The van der Waals surface area contributed by atoms with Crippen molar-refractivity contribution in [3.63, 3.8) is 0 Å². The van der Waals surface area contributed by atoms with E-state index in [1.807, 2.05) is 70.2 Å². The minimum Gasteiger partial charge on any atom is -0.467 e. The Morgan fingerprint density at radius 2 is 1.65 bits per heavy atom. The van der Waals surface area contributed by atoms with E-state index in [4.69, 9.17) is 4.42 Å². The Labute approximate surface area is 155 Å². The van der Waals surface area contributed by atoms with Gasteiger partial charge in [-0.1, -0.05) is 44.2 Å². The van der Waals surface area contributed by atoms with Crippen molar-refractivity contribution in [2.24, 2.45) is 5.92 Å². The standard InChI is InChI=1S/C21H28N2O3/c1-16(2)21(25)23(17(3)4)15-20(24)22(14-19-11-8-12-26-19)13-18-9-6-5-7-10-18/h5-12,16-17H,13-15H2,1-4H3. The largest absolute Gasteiger partial charge is 0.467 e. The van der Waals surface area contributed by atoms with Gasteiger partial charge in [-0.05, 0) is 31.5 Å². The first-order valence-corrected chi connectivity index (χ1v) is 9.03. The maximum atomic E-state index is 13.0. The minimum absolute atomic E-state index is 0.00832. The fraction of sp³-hybridized carbons (Fsp3) is 0.429. The van der Waals surface area contributed by atoms with E-state index in [9.17, 15) is 9.59 Å². The lowest BCUT2D eigenvalue weighted by molar-refractivity contribution is -0.144. The molecule has 1 aromatic heterocycles. The molecule has 0 saturated carbocycles. The number of rotatable bonds is 8. The highest BCUT2D eigenvalue weighted by molar-refractivity contribution is 5.85. The van der Waals surface area contributed by atoms with Crippen LogP contribution in [0.3, 0.4) is 0 Å². The van der Waals surface area contributed by atoms with E-state index in [0.717, 1.165) is 11.3 Å². The van der Waals surface area contributed by atoms with Crippen LogP contribution < -0.4 is 0 Å². The van der Waals surface area contributed by atoms with E-state index in [0.29, 0.717) is 13.1 Å². The second kappa shape index (κ2) is 9.22. The predicted octanol–water partition coefficient (Wildman–Crippen LogP) is 3.70. The zero-order valence-electron chi connectivity index (χ0n) is 16.0. The summed E-state index contributed by atoms with van der Waals surface area (Å²) in [6.45, 7) is 8.50. The van der Waals surface area contributed by atoms with Crippen molar-refractivity contribution in [3.05, 3.63) is 60.1 Å². The third-order valence-corrected chi connectivity index (χ3v) is 4.20. The number of hydrogen-bond acceptors (Lipinski definition) is 3. The van der Waals surface area contributed by atoms with Gasteiger partial charge in [-0.3, -0.25) is 9.59 Å². The lowest BCUT2D eigenvalue weighted by Crippen LogP contribution is -2.46. The number of furan rings is 1. The van der Waals surface area contributed by atoms with Gasteiger partial charge in [0.05, 0.1) is 12.8 Å². The van der Waals surface area contributed by atoms with Gasteiger partial charge in [-0.15, -0.1) is 0 Å². The summed E-state index contributed by atoms with van der Waals surface area (Å²) < 4.78 is 5.42. The number of amides is 2. The average molecular weight is 356 g/mol. The molecule has 0 aliphatic rings. The van der Waals surface area contributed by atoms with Crippen LogP contribution >= 0.6 is 0 Å². The third kappa shape index (κ3) is 5.48. The first-order valence-electron chi connectivity index (χ1n) is 9.03. The Bertz CT molecular complexity index is 693. The minimum atomic E-state index is -0.141. The van der Waals surface area contributed by atoms with Crippen molar-refractivity contribution in [2.45, 2.75) is 46.8 Å². The molecule has 2 rings (SSSR count). The van der Waals surface area contributed by atoms with Gasteiger partial charge < -0.3 is 14.2 Å². The molecular weight excluding hydrogens is 328 g/mol. The number of carbonyl (C=O) groups excluding carboxylic acids is 2. The molecular formula is C21H28N2O3. The summed E-state index contributed by atoms with van der Waals surface area (Å²) in [6.07, 6.45) is 1.60. The fourth-order valence-corrected chi connectivity index (χ4v) is 2.72. The van der Waals surface area contributed by atoms with Crippen molar-refractivity contribution >= 4 is 11.8 Å². The predicted molar refractivity (Wildman–Crippen MR) is 101 cm³/mol. The molecule has 0 saturated heterocycles. The van der Waals surface area contributed by atoms with Crippen LogP contribution in [0.1, 0.15) is 39.0 Å². The highest BCUT2D eigenvalue weighted by Crippen LogP contribution is 2.13. The molecule has 0 N–H and O–H groups in total. The molecule has 0 spiro atoms. The van der Waals surface area contributed by atoms with Gasteiger partial charge in [-0.2, -0.15) is 0 Å². The van der Waals surface area contributed by atoms with E-state index in [1.165, 1.54) is 0 Å². The lowest BCUT2D eigenvalue weighted by atomic mass is 10.1. The Balaban J connectivity index is 2.16. The van der Waals surface area contributed by atoms with E-state index in [1.54, 1.807) is 16.1 Å². The second-order valence-electron chi connectivity index (χ2n) is 7.03. The molecule has 26 heavy (non-hydrogen) atoms. The summed E-state index contributed by atoms with van der Waals surface area (Å²) >= 11 is 0. The summed E-state index contributed by atoms with van der Waals surface area (Å²) in [7, 11) is 0. The Morgan fingerprint density at radius 1 is 0.962 bits per heavy atom. The first kappa shape index (κ1) is 19.8. The molecule has 140 valence electrons. The van der Waals surface area contributed by atoms with Gasteiger partial charge in [0.2, 0.25) is 11.8 Å². The molecule has 0 aliphatic carbocycles. The number of hydrogen-bond donors (Lipinski definition) is 0. The summed E-state index contributed by atoms with van der Waals surface area (Å²) in [5.74, 6) is 0.484. The zero-order valence-corrected chi connectivity index (χ0v) is 16.0. The molecule has 5 heteroatoms. The van der Waals surface area contributed by atoms with Gasteiger partial charge >= 0.3 is 0 Å². The topological polar surface area (TPSA) is 53.8 Å². The van der Waals surface area contributed by atoms with Gasteiger partial charge in [-0.25, -0.2) is 0 Å². The zero-order chi connectivity index (χ0) is 19.1. The second-order valence-corrected chi connectivity index (χ2v) is 7.03. The highest BCUT2D eigenvalue weighted by atomic mass is 16.3. The van der Waals surface area contributed by atoms with Crippen molar-refractivity contribution in [1.82, 2.24) is 9.80 Å². The van der Waals surface area contributed by atoms with Gasteiger partial charge in [0, 0.05) is 18.5 Å². The number of benzene rings is 1. The molecule has 0 aliphatic heterocycles. The molecule has 0 unspecified atom stereocenters. The van der Waals surface area contributed by atoms with E-state index < -0.39 is 0 Å². The molecule has 2 aromatic rings. The maximum absolute atomic E-state index is 13.0. The number of nitrogens with zero attached hydrogens (tertiary/aromatic N) is 2. The van der Waals surface area contributed by atoms with Crippen LogP contribution in [0.4, 0.5) is 0 Å². The molecule has 1 aromatic carbocycles. The van der Waals surface area contributed by atoms with Crippen LogP contribution in [0.15, 0.2) is 53.1 Å². The molecule has 1 heterocycles. The Hall–Kier alpha value is -2.56. The molecule has 2 amide bonds. The molecule has 0 bridgehead atoms. The lowest BCUT2D eigenvalue weighted by Gasteiger charge is -2.31. The summed E-state index contributed by atoms with van der Waals surface area (Å²) in [6, 6.07) is 13.5. The van der Waals surface area contributed by atoms with Crippen molar-refractivity contribution in [3.8, 4) is 0 Å². The normalized spacial score (nSPS) is 11.0. The van der Waals surface area contributed by atoms with Crippen LogP contribution in [0.25, 0.3) is 0 Å². The smallest absolute Gasteiger partial charge is 0.242 e. The van der Waals surface area contributed by atoms with Gasteiger partial charge in [0.1, 0.15) is 12.3 Å². The van der Waals surface area contributed by atoms with Crippen molar-refractivity contribution in [1.29, 1.82) is 0 Å². The number of carbonyl (C=O) groups is 2. The summed E-state index contributed by atoms with van der Waals surface area (Å²) in [5, 5.41) is 0. The van der Waals surface area contributed by atoms with Crippen LogP contribution in [0.2, 0.25) is 0 Å². The van der Waals surface area contributed by atoms with E-state index in [2.05, 4.69) is 0 Å². The van der Waals surface area contributed by atoms with Crippen LogP contribution in [0.5, 0.6) is 0 Å². The van der Waals surface area contributed by atoms with Gasteiger partial charge in [0.15, 0.2) is 0 Å². The average Bonchev–Trinajstić information content (AvgIpc) is 3.12. The van der Waals surface area contributed by atoms with Crippen molar-refractivity contribution < 1.29 is 14.0 Å². The Morgan fingerprint density at radius 3 is 2.19 bits per heavy atom. The van der Waals surface area contributed by atoms with E-state index in [-0.39, 0.29) is 30.3 Å². The fourth-order valence-electron chi connectivity index (χ4n) is 2.72. The molecule has 5 nitrogen and oxygen atoms in total. The Kier molecular flexibility index (Phi) is 7.01. The highest BCUT2D eigenvalue weighted by Gasteiger charge is 2.25.